The summed E-state index contributed by atoms with van der Waals surface area (Å²) in [7, 11) is 0. The highest BCUT2D eigenvalue weighted by atomic mass is 16.6. The first-order valence-electron chi connectivity index (χ1n) is 10.2. The monoisotopic (exact) mass is 394 g/mol. The number of anilines is 1. The summed E-state index contributed by atoms with van der Waals surface area (Å²) in [6.45, 7) is 2.32. The Labute approximate surface area is 170 Å². The van der Waals surface area contributed by atoms with Gasteiger partial charge in [0.2, 0.25) is 11.8 Å². The molecular formula is C23H26N2O4. The zero-order valence-electron chi connectivity index (χ0n) is 16.4. The minimum Gasteiger partial charge on any atom is -0.486 e. The van der Waals surface area contributed by atoms with Crippen LogP contribution in [0.15, 0.2) is 48.5 Å². The Morgan fingerprint density at radius 2 is 1.69 bits per heavy atom. The van der Waals surface area contributed by atoms with Gasteiger partial charge in [0, 0.05) is 37.2 Å². The summed E-state index contributed by atoms with van der Waals surface area (Å²) in [6.07, 6.45) is 2.64. The minimum absolute atomic E-state index is 0.00179. The van der Waals surface area contributed by atoms with E-state index in [2.05, 4.69) is 5.32 Å². The first-order valence-corrected chi connectivity index (χ1v) is 10.2. The molecule has 4 rings (SSSR count). The molecule has 1 N–H and O–H groups in total. The number of ether oxygens (including phenoxy) is 2. The lowest BCUT2D eigenvalue weighted by molar-refractivity contribution is -0.134. The second-order valence-corrected chi connectivity index (χ2v) is 7.49. The summed E-state index contributed by atoms with van der Waals surface area (Å²) in [5, 5.41) is 2.97. The molecule has 1 saturated heterocycles. The molecular weight excluding hydrogens is 368 g/mol. The standard InChI is InChI=1S/C23H26N2O4/c26-22(9-6-17-4-2-1-3-5-17)25-12-10-18(11-13-25)23(27)24-19-7-8-20-21(16-19)29-15-14-28-20/h1-5,7-8,16,18H,6,9-15H2,(H,24,27). The maximum Gasteiger partial charge on any atom is 0.227 e. The summed E-state index contributed by atoms with van der Waals surface area (Å²) in [5.41, 5.74) is 1.88. The Morgan fingerprint density at radius 3 is 2.45 bits per heavy atom. The molecule has 0 radical (unpaired) electrons. The number of fused-ring (bicyclic) bond motifs is 1. The van der Waals surface area contributed by atoms with E-state index in [9.17, 15) is 9.59 Å². The van der Waals surface area contributed by atoms with Gasteiger partial charge in [0.1, 0.15) is 13.2 Å². The van der Waals surface area contributed by atoms with Gasteiger partial charge in [-0.1, -0.05) is 30.3 Å². The van der Waals surface area contributed by atoms with Crippen LogP contribution in [0.3, 0.4) is 0 Å². The van der Waals surface area contributed by atoms with Crippen molar-refractivity contribution in [2.75, 3.05) is 31.6 Å². The van der Waals surface area contributed by atoms with Gasteiger partial charge in [-0.05, 0) is 37.0 Å². The zero-order chi connectivity index (χ0) is 20.1. The number of amides is 2. The second-order valence-electron chi connectivity index (χ2n) is 7.49. The van der Waals surface area contributed by atoms with Crippen molar-refractivity contribution in [3.63, 3.8) is 0 Å². The zero-order valence-corrected chi connectivity index (χ0v) is 16.4. The molecule has 2 aliphatic rings. The van der Waals surface area contributed by atoms with Crippen molar-refractivity contribution >= 4 is 17.5 Å². The van der Waals surface area contributed by atoms with Crippen LogP contribution in [0.4, 0.5) is 5.69 Å². The van der Waals surface area contributed by atoms with Crippen molar-refractivity contribution < 1.29 is 19.1 Å². The lowest BCUT2D eigenvalue weighted by Crippen LogP contribution is -2.41. The van der Waals surface area contributed by atoms with Crippen LogP contribution < -0.4 is 14.8 Å². The highest BCUT2D eigenvalue weighted by molar-refractivity contribution is 5.93. The molecule has 0 unspecified atom stereocenters. The quantitative estimate of drug-likeness (QED) is 0.845. The first kappa shape index (κ1) is 19.3. The third-order valence-electron chi connectivity index (χ3n) is 5.50. The lowest BCUT2D eigenvalue weighted by Gasteiger charge is -2.31. The van der Waals surface area contributed by atoms with Crippen LogP contribution in [0, 0.1) is 5.92 Å². The van der Waals surface area contributed by atoms with Gasteiger partial charge in [-0.3, -0.25) is 9.59 Å². The summed E-state index contributed by atoms with van der Waals surface area (Å²) in [4.78, 5) is 27.0. The van der Waals surface area contributed by atoms with Crippen LogP contribution in [0.25, 0.3) is 0 Å². The molecule has 0 saturated carbocycles. The average Bonchev–Trinajstić information content (AvgIpc) is 2.78. The van der Waals surface area contributed by atoms with Crippen LogP contribution in [0.2, 0.25) is 0 Å². The molecule has 29 heavy (non-hydrogen) atoms. The van der Waals surface area contributed by atoms with E-state index < -0.39 is 0 Å². The molecule has 2 aliphatic heterocycles. The topological polar surface area (TPSA) is 67.9 Å². The normalized spacial score (nSPS) is 16.3. The van der Waals surface area contributed by atoms with Gasteiger partial charge in [-0.25, -0.2) is 0 Å². The maximum absolute atomic E-state index is 12.6. The highest BCUT2D eigenvalue weighted by Gasteiger charge is 2.27. The molecule has 2 aromatic carbocycles. The van der Waals surface area contributed by atoms with E-state index in [0.717, 1.165) is 6.42 Å². The fourth-order valence-corrected chi connectivity index (χ4v) is 3.81. The van der Waals surface area contributed by atoms with Crippen LogP contribution in [0.1, 0.15) is 24.8 Å². The molecule has 1 fully saturated rings. The Balaban J connectivity index is 1.24. The smallest absolute Gasteiger partial charge is 0.227 e. The van der Waals surface area contributed by atoms with E-state index >= 15 is 0 Å². The Hall–Kier alpha value is -3.02. The number of hydrogen-bond acceptors (Lipinski definition) is 4. The molecule has 6 nitrogen and oxygen atoms in total. The molecule has 0 spiro atoms. The first-order chi connectivity index (χ1) is 14.2. The average molecular weight is 394 g/mol. The predicted octanol–water partition coefficient (Wildman–Crippen LogP) is 3.27. The third kappa shape index (κ3) is 4.88. The molecule has 152 valence electrons. The van der Waals surface area contributed by atoms with E-state index in [0.29, 0.717) is 62.8 Å². The van der Waals surface area contributed by atoms with Gasteiger partial charge in [-0.15, -0.1) is 0 Å². The largest absolute Gasteiger partial charge is 0.486 e. The number of nitrogens with zero attached hydrogens (tertiary/aromatic N) is 1. The van der Waals surface area contributed by atoms with Crippen molar-refractivity contribution in [2.24, 2.45) is 5.92 Å². The number of aryl methyl sites for hydroxylation is 1. The third-order valence-corrected chi connectivity index (χ3v) is 5.50. The summed E-state index contributed by atoms with van der Waals surface area (Å²) < 4.78 is 11.1. The number of hydrogen-bond donors (Lipinski definition) is 1. The van der Waals surface area contributed by atoms with Gasteiger partial charge in [0.15, 0.2) is 11.5 Å². The van der Waals surface area contributed by atoms with Crippen molar-refractivity contribution in [2.45, 2.75) is 25.7 Å². The lowest BCUT2D eigenvalue weighted by atomic mass is 9.95. The second kappa shape index (κ2) is 8.99. The van der Waals surface area contributed by atoms with Gasteiger partial charge in [0.25, 0.3) is 0 Å². The number of benzene rings is 2. The van der Waals surface area contributed by atoms with Crippen LogP contribution in [-0.2, 0) is 16.0 Å². The fraction of sp³-hybridized carbons (Fsp3) is 0.391. The summed E-state index contributed by atoms with van der Waals surface area (Å²) in [6, 6.07) is 15.5. The van der Waals surface area contributed by atoms with Gasteiger partial charge < -0.3 is 19.7 Å². The maximum atomic E-state index is 12.6. The fourth-order valence-electron chi connectivity index (χ4n) is 3.81. The number of piperidine rings is 1. The van der Waals surface area contributed by atoms with Gasteiger partial charge in [-0.2, -0.15) is 0 Å². The molecule has 2 aromatic rings. The highest BCUT2D eigenvalue weighted by Crippen LogP contribution is 2.33. The van der Waals surface area contributed by atoms with Crippen molar-refractivity contribution in [3.8, 4) is 11.5 Å². The van der Waals surface area contributed by atoms with E-state index in [4.69, 9.17) is 9.47 Å². The van der Waals surface area contributed by atoms with Crippen LogP contribution in [-0.4, -0.2) is 43.0 Å². The SMILES string of the molecule is O=C(Nc1ccc2c(c1)OCCO2)C1CCN(C(=O)CCc2ccccc2)CC1. The van der Waals surface area contributed by atoms with Crippen molar-refractivity contribution in [1.29, 1.82) is 0 Å². The van der Waals surface area contributed by atoms with Crippen LogP contribution in [0.5, 0.6) is 11.5 Å². The predicted molar refractivity (Wildman–Crippen MR) is 110 cm³/mol. The molecule has 2 amide bonds. The Bertz CT molecular complexity index is 860. The van der Waals surface area contributed by atoms with E-state index in [-0.39, 0.29) is 17.7 Å². The summed E-state index contributed by atoms with van der Waals surface area (Å²) >= 11 is 0. The van der Waals surface area contributed by atoms with Gasteiger partial charge in [0.05, 0.1) is 0 Å². The van der Waals surface area contributed by atoms with E-state index in [1.165, 1.54) is 5.56 Å². The molecule has 0 bridgehead atoms. The number of carbonyl (C=O) groups excluding carboxylic acids is 2. The minimum atomic E-state index is -0.0821. The van der Waals surface area contributed by atoms with E-state index in [1.807, 2.05) is 47.4 Å². The molecule has 0 aromatic heterocycles. The van der Waals surface area contributed by atoms with Crippen molar-refractivity contribution in [3.05, 3.63) is 54.1 Å². The number of nitrogens with one attached hydrogen (secondary N) is 1. The number of carbonyl (C=O) groups is 2. The van der Waals surface area contributed by atoms with Crippen LogP contribution >= 0.6 is 0 Å². The van der Waals surface area contributed by atoms with Gasteiger partial charge >= 0.3 is 0 Å². The Kier molecular flexibility index (Phi) is 5.98. The molecule has 2 heterocycles. The van der Waals surface area contributed by atoms with E-state index in [1.54, 1.807) is 6.07 Å². The van der Waals surface area contributed by atoms with Crippen molar-refractivity contribution in [1.82, 2.24) is 4.90 Å². The number of rotatable bonds is 5. The Morgan fingerprint density at radius 1 is 0.966 bits per heavy atom. The molecule has 6 heteroatoms. The summed E-state index contributed by atoms with van der Waals surface area (Å²) in [5.74, 6) is 1.45. The number of likely N-dealkylation sites (tertiary alicyclic amines) is 1. The molecule has 0 atom stereocenters. The molecule has 0 aliphatic carbocycles.